The number of alkyl halides is 3. The van der Waals surface area contributed by atoms with E-state index < -0.39 is 47.7 Å². The van der Waals surface area contributed by atoms with E-state index in [0.717, 1.165) is 20.3 Å². The van der Waals surface area contributed by atoms with Gasteiger partial charge in [0.2, 0.25) is 5.88 Å². The number of rotatable bonds is 9. The predicted molar refractivity (Wildman–Crippen MR) is 163 cm³/mol. The fraction of sp³-hybridized carbons (Fsp3) is 0.571. The molecule has 1 aliphatic rings. The third kappa shape index (κ3) is 6.80. The van der Waals surface area contributed by atoms with Crippen LogP contribution in [0.1, 0.15) is 51.4 Å². The van der Waals surface area contributed by atoms with Gasteiger partial charge in [0.25, 0.3) is 15.9 Å². The number of aromatic nitrogens is 5. The van der Waals surface area contributed by atoms with Gasteiger partial charge in [0, 0.05) is 37.6 Å². The van der Waals surface area contributed by atoms with Gasteiger partial charge in [-0.25, -0.2) is 22.8 Å². The summed E-state index contributed by atoms with van der Waals surface area (Å²) in [7, 11) is -4.83. The number of carbonyl (C=O) groups is 1. The average Bonchev–Trinajstić information content (AvgIpc) is 3.58. The van der Waals surface area contributed by atoms with Crippen molar-refractivity contribution in [2.75, 3.05) is 18.1 Å². The number of sulfonamides is 1. The lowest BCUT2D eigenvalue weighted by Crippen LogP contribution is -2.45. The lowest BCUT2D eigenvalue weighted by molar-refractivity contribution is -0.219. The summed E-state index contributed by atoms with van der Waals surface area (Å²) in [6.07, 6.45) is -0.765. The smallest absolute Gasteiger partial charge is 0.397 e. The molecular weight excluding hydrogens is 616 g/mol. The Labute approximate surface area is 256 Å². The number of aryl methyl sites for hydroxylation is 1. The molecule has 3 aromatic heterocycles. The molecule has 16 heteroatoms. The average molecular weight is 656 g/mol. The van der Waals surface area contributed by atoms with Crippen LogP contribution in [0.5, 0.6) is 5.88 Å². The number of nitrogens with one attached hydrogen (secondary N) is 1. The van der Waals surface area contributed by atoms with Crippen LogP contribution in [0.2, 0.25) is 19.6 Å². The minimum Gasteiger partial charge on any atom is -0.476 e. The molecule has 0 spiro atoms. The second kappa shape index (κ2) is 11.2. The van der Waals surface area contributed by atoms with E-state index in [9.17, 15) is 26.4 Å². The highest BCUT2D eigenvalue weighted by molar-refractivity contribution is 7.90. The fourth-order valence-electron chi connectivity index (χ4n) is 5.17. The Morgan fingerprint density at radius 3 is 2.39 bits per heavy atom. The molecule has 1 atom stereocenters. The monoisotopic (exact) mass is 655 g/mol. The third-order valence-corrected chi connectivity index (χ3v) is 10.9. The van der Waals surface area contributed by atoms with E-state index in [1.165, 1.54) is 40.0 Å². The molecule has 1 fully saturated rings. The first-order valence-corrected chi connectivity index (χ1v) is 19.2. The van der Waals surface area contributed by atoms with Crippen molar-refractivity contribution in [1.82, 2.24) is 29.3 Å². The Morgan fingerprint density at radius 1 is 1.16 bits per heavy atom. The van der Waals surface area contributed by atoms with E-state index in [4.69, 9.17) is 9.72 Å². The molecule has 44 heavy (non-hydrogen) atoms. The van der Waals surface area contributed by atoms with Crippen LogP contribution in [0.4, 0.5) is 19.0 Å². The summed E-state index contributed by atoms with van der Waals surface area (Å²) in [4.78, 5) is 20.3. The molecule has 4 heterocycles. The summed E-state index contributed by atoms with van der Waals surface area (Å²) in [5.74, 6) is -0.0705. The molecule has 1 saturated heterocycles. The van der Waals surface area contributed by atoms with Crippen LogP contribution in [0.15, 0.2) is 35.5 Å². The molecule has 0 aliphatic carbocycles. The zero-order chi connectivity index (χ0) is 33.0. The number of hydrogen-bond acceptors (Lipinski definition) is 8. The zero-order valence-corrected chi connectivity index (χ0v) is 28.3. The van der Waals surface area contributed by atoms with E-state index in [1.807, 2.05) is 38.4 Å². The number of nitrogens with zero attached hydrogens (tertiary/aromatic N) is 6. The summed E-state index contributed by atoms with van der Waals surface area (Å²) in [6, 6.07) is 4.39. The summed E-state index contributed by atoms with van der Waals surface area (Å²) >= 11 is 0. The lowest BCUT2D eigenvalue weighted by atomic mass is 9.94. The van der Waals surface area contributed by atoms with Crippen molar-refractivity contribution in [1.29, 1.82) is 0 Å². The number of ether oxygens (including phenoxy) is 1. The van der Waals surface area contributed by atoms with E-state index in [2.05, 4.69) is 21.8 Å². The van der Waals surface area contributed by atoms with Crippen molar-refractivity contribution >= 4 is 35.1 Å². The SMILES string of the molecule is C[C@@H]1CN(c2nc(-n3ccc(OCC(C)(C)C(F)(F)F)n3)ccc2C(=O)NS(=O)(=O)c2cn(C)nc2[Si](C)(C)C)C(C)(C)C1. The molecule has 3 aromatic rings. The molecule has 1 amide bonds. The highest BCUT2D eigenvalue weighted by Gasteiger charge is 2.48. The molecule has 0 aromatic carbocycles. The van der Waals surface area contributed by atoms with Crippen LogP contribution in [-0.2, 0) is 17.1 Å². The van der Waals surface area contributed by atoms with Crippen LogP contribution in [0.3, 0.4) is 0 Å². The number of hydrogen-bond donors (Lipinski definition) is 1. The lowest BCUT2D eigenvalue weighted by Gasteiger charge is -2.34. The van der Waals surface area contributed by atoms with Crippen LogP contribution < -0.4 is 19.7 Å². The number of halogens is 3. The van der Waals surface area contributed by atoms with Gasteiger partial charge in [-0.15, -0.1) is 5.10 Å². The van der Waals surface area contributed by atoms with E-state index in [0.29, 0.717) is 11.9 Å². The summed E-state index contributed by atoms with van der Waals surface area (Å²) < 4.78 is 77.1. The van der Waals surface area contributed by atoms with Gasteiger partial charge in [-0.1, -0.05) is 26.6 Å². The minimum atomic E-state index is -4.46. The number of amides is 1. The van der Waals surface area contributed by atoms with E-state index in [1.54, 1.807) is 7.05 Å². The van der Waals surface area contributed by atoms with Gasteiger partial charge in [0.15, 0.2) is 5.82 Å². The van der Waals surface area contributed by atoms with Crippen molar-refractivity contribution in [2.45, 2.75) is 77.3 Å². The normalized spacial score (nSPS) is 17.6. The van der Waals surface area contributed by atoms with Crippen molar-refractivity contribution < 1.29 is 31.1 Å². The minimum absolute atomic E-state index is 0.0246. The van der Waals surface area contributed by atoms with Crippen molar-refractivity contribution in [3.8, 4) is 11.7 Å². The van der Waals surface area contributed by atoms with Gasteiger partial charge in [-0.2, -0.15) is 18.3 Å². The Morgan fingerprint density at radius 2 is 1.82 bits per heavy atom. The molecular formula is C28H40F3N7O4SSi. The van der Waals surface area contributed by atoms with Crippen molar-refractivity contribution in [2.24, 2.45) is 18.4 Å². The molecule has 1 N–H and O–H groups in total. The summed E-state index contributed by atoms with van der Waals surface area (Å²) in [5.41, 5.74) is -2.44. The maximum Gasteiger partial charge on any atom is 0.397 e. The Kier molecular flexibility index (Phi) is 8.52. The van der Waals surface area contributed by atoms with E-state index in [-0.39, 0.29) is 33.9 Å². The first kappa shape index (κ1) is 33.5. The Hall–Kier alpha value is -3.40. The zero-order valence-electron chi connectivity index (χ0n) is 26.4. The van der Waals surface area contributed by atoms with Crippen molar-refractivity contribution in [3.05, 3.63) is 36.2 Å². The Bertz CT molecular complexity index is 1660. The number of anilines is 1. The standard InChI is InChI=1S/C28H40F3N7O4SSi/c1-18-14-27(4,5)37(15-18)23-19(24(39)35-43(40,41)20-16-36(6)34-25(20)44(7,8)9)10-11-21(32-23)38-13-12-22(33-38)42-17-26(2,3)28(29,30)31/h10-13,16,18H,14-15,17H2,1-9H3,(H,35,39)/t18-/m0/s1. The van der Waals surface area contributed by atoms with Gasteiger partial charge >= 0.3 is 6.18 Å². The highest BCUT2D eigenvalue weighted by atomic mass is 32.2. The number of pyridine rings is 1. The Balaban J connectivity index is 1.70. The quantitative estimate of drug-likeness (QED) is 0.340. The van der Waals surface area contributed by atoms with Crippen LogP contribution in [-0.4, -0.2) is 71.8 Å². The molecule has 0 radical (unpaired) electrons. The highest BCUT2D eigenvalue weighted by Crippen LogP contribution is 2.39. The van der Waals surface area contributed by atoms with Gasteiger partial charge in [-0.05, 0) is 52.2 Å². The first-order chi connectivity index (χ1) is 20.0. The molecule has 0 unspecified atom stereocenters. The maximum absolute atomic E-state index is 13.7. The van der Waals surface area contributed by atoms with E-state index >= 15 is 0 Å². The first-order valence-electron chi connectivity index (χ1n) is 14.2. The molecule has 0 saturated carbocycles. The van der Waals surface area contributed by atoms with Gasteiger partial charge in [0.1, 0.15) is 25.4 Å². The molecule has 242 valence electrons. The van der Waals surface area contributed by atoms with Gasteiger partial charge < -0.3 is 9.64 Å². The third-order valence-electron chi connectivity index (χ3n) is 7.60. The molecule has 11 nitrogen and oxygen atoms in total. The summed E-state index contributed by atoms with van der Waals surface area (Å²) in [6.45, 7) is 14.0. The second-order valence-corrected chi connectivity index (χ2v) is 20.4. The predicted octanol–water partition coefficient (Wildman–Crippen LogP) is 4.26. The van der Waals surface area contributed by atoms with Gasteiger partial charge in [0.05, 0.1) is 16.3 Å². The molecule has 4 rings (SSSR count). The molecule has 0 bridgehead atoms. The van der Waals surface area contributed by atoms with Gasteiger partial charge in [-0.3, -0.25) is 9.48 Å². The second-order valence-electron chi connectivity index (χ2n) is 13.7. The maximum atomic E-state index is 13.7. The topological polar surface area (TPSA) is 124 Å². The van der Waals surface area contributed by atoms with Crippen LogP contribution in [0, 0.1) is 11.3 Å². The van der Waals surface area contributed by atoms with Crippen LogP contribution >= 0.6 is 0 Å². The largest absolute Gasteiger partial charge is 0.476 e. The van der Waals surface area contributed by atoms with Crippen molar-refractivity contribution in [3.63, 3.8) is 0 Å². The molecule has 1 aliphatic heterocycles. The summed E-state index contributed by atoms with van der Waals surface area (Å²) in [5, 5.41) is 9.07. The van der Waals surface area contributed by atoms with Crippen LogP contribution in [0.25, 0.3) is 5.82 Å². The fourth-order valence-corrected chi connectivity index (χ4v) is 8.81. The number of carbonyl (C=O) groups excluding carboxylic acids is 1.